The number of thiophene rings is 2. The molecule has 0 amide bonds. The van der Waals surface area contributed by atoms with Gasteiger partial charge in [-0.2, -0.15) is 0 Å². The molecule has 128 valence electrons. The minimum absolute atomic E-state index is 0.153. The van der Waals surface area contributed by atoms with E-state index in [4.69, 9.17) is 5.73 Å². The second-order valence-corrected chi connectivity index (χ2v) is 7.98. The molecule has 0 fully saturated rings. The third-order valence-corrected chi connectivity index (χ3v) is 6.52. The molecule has 3 N–H and O–H groups in total. The average Bonchev–Trinajstić information content (AvgIpc) is 3.19. The summed E-state index contributed by atoms with van der Waals surface area (Å²) in [5.41, 5.74) is 7.41. The van der Waals surface area contributed by atoms with Crippen LogP contribution in [0.2, 0.25) is 0 Å². The fourth-order valence-electron chi connectivity index (χ4n) is 2.74. The van der Waals surface area contributed by atoms with Crippen LogP contribution < -0.4 is 5.73 Å². The van der Waals surface area contributed by atoms with Crippen LogP contribution >= 0.6 is 22.7 Å². The molecule has 2 heterocycles. The number of nitrogen functional groups attached to an aromatic ring is 1. The highest BCUT2D eigenvalue weighted by molar-refractivity contribution is 7.40. The van der Waals surface area contributed by atoms with Crippen LogP contribution in [0.25, 0.3) is 9.40 Å². The van der Waals surface area contributed by atoms with E-state index in [1.165, 1.54) is 11.3 Å². The Morgan fingerprint density at radius 1 is 0.769 bits per heavy atom. The van der Waals surface area contributed by atoms with Gasteiger partial charge >= 0.3 is 0 Å². The largest absolute Gasteiger partial charge is 0.506 e. The van der Waals surface area contributed by atoms with Crippen LogP contribution in [0.15, 0.2) is 60.7 Å². The zero-order valence-electron chi connectivity index (χ0n) is 13.4. The first-order valence-corrected chi connectivity index (χ1v) is 9.44. The maximum atomic E-state index is 12.7. The first-order chi connectivity index (χ1) is 12.6. The molecule has 4 nitrogen and oxygen atoms in total. The third-order valence-electron chi connectivity index (χ3n) is 4.04. The second-order valence-electron chi connectivity index (χ2n) is 5.68. The van der Waals surface area contributed by atoms with E-state index in [1.807, 2.05) is 12.1 Å². The Morgan fingerprint density at radius 2 is 1.23 bits per heavy atom. The van der Waals surface area contributed by atoms with Crippen molar-refractivity contribution in [3.63, 3.8) is 0 Å². The predicted octanol–water partition coefficient (Wildman–Crippen LogP) is 4.71. The van der Waals surface area contributed by atoms with Gasteiger partial charge in [0, 0.05) is 11.1 Å². The molecule has 4 rings (SSSR count). The van der Waals surface area contributed by atoms with Crippen molar-refractivity contribution in [2.24, 2.45) is 0 Å². The summed E-state index contributed by atoms with van der Waals surface area (Å²) in [6.45, 7) is 0. The maximum absolute atomic E-state index is 12.7. The SMILES string of the molecule is Nc1c(C(=O)c2ccccc2)sc2sc(C(=O)c3ccccc3)c(O)c12. The molecule has 0 spiro atoms. The summed E-state index contributed by atoms with van der Waals surface area (Å²) in [7, 11) is 0. The minimum atomic E-state index is -0.258. The van der Waals surface area contributed by atoms with Gasteiger partial charge in [0.25, 0.3) is 0 Å². The Balaban J connectivity index is 1.79. The maximum Gasteiger partial charge on any atom is 0.206 e. The average molecular weight is 379 g/mol. The molecule has 0 bridgehead atoms. The molecule has 0 aliphatic heterocycles. The molecule has 26 heavy (non-hydrogen) atoms. The lowest BCUT2D eigenvalue weighted by molar-refractivity contribution is 0.103. The van der Waals surface area contributed by atoms with E-state index in [2.05, 4.69) is 0 Å². The summed E-state index contributed by atoms with van der Waals surface area (Å²) in [4.78, 5) is 25.9. The summed E-state index contributed by atoms with van der Waals surface area (Å²) in [5.74, 6) is -0.599. The lowest BCUT2D eigenvalue weighted by atomic mass is 10.1. The van der Waals surface area contributed by atoms with Crippen LogP contribution in [0.1, 0.15) is 30.5 Å². The summed E-state index contributed by atoms with van der Waals surface area (Å²) < 4.78 is 0.665. The Hall–Kier alpha value is -2.96. The molecule has 0 saturated carbocycles. The summed E-state index contributed by atoms with van der Waals surface area (Å²) in [5, 5.41) is 11.0. The zero-order chi connectivity index (χ0) is 18.3. The molecule has 0 atom stereocenters. The number of ketones is 2. The number of anilines is 1. The van der Waals surface area contributed by atoms with Crippen molar-refractivity contribution in [1.82, 2.24) is 0 Å². The van der Waals surface area contributed by atoms with Gasteiger partial charge in [-0.1, -0.05) is 60.7 Å². The third kappa shape index (κ3) is 2.60. The number of nitrogens with two attached hydrogens (primary N) is 1. The Morgan fingerprint density at radius 3 is 1.73 bits per heavy atom. The van der Waals surface area contributed by atoms with Gasteiger partial charge in [0.05, 0.1) is 15.1 Å². The standard InChI is InChI=1S/C20H13NO3S2/c21-14-13-17(24)19(16(23)12-9-5-2-6-10-12)26-20(13)25-18(14)15(22)11-7-3-1-4-8-11/h1-10,24H,21H2. The Kier molecular flexibility index (Phi) is 4.06. The summed E-state index contributed by atoms with van der Waals surface area (Å²) in [6, 6.07) is 17.6. The highest BCUT2D eigenvalue weighted by atomic mass is 32.2. The summed E-state index contributed by atoms with van der Waals surface area (Å²) >= 11 is 2.37. The fourth-order valence-corrected chi connectivity index (χ4v) is 5.22. The van der Waals surface area contributed by atoms with Gasteiger partial charge in [-0.05, 0) is 0 Å². The number of hydrogen-bond donors (Lipinski definition) is 2. The van der Waals surface area contributed by atoms with Crippen LogP contribution in [0.5, 0.6) is 5.75 Å². The molecule has 6 heteroatoms. The first-order valence-electron chi connectivity index (χ1n) is 7.81. The smallest absolute Gasteiger partial charge is 0.206 e. The van der Waals surface area contributed by atoms with Gasteiger partial charge < -0.3 is 10.8 Å². The van der Waals surface area contributed by atoms with Crippen LogP contribution in [0.4, 0.5) is 5.69 Å². The van der Waals surface area contributed by atoms with Gasteiger partial charge in [-0.25, -0.2) is 0 Å². The van der Waals surface area contributed by atoms with E-state index < -0.39 is 0 Å². The molecule has 0 unspecified atom stereocenters. The first kappa shape index (κ1) is 16.5. The number of benzene rings is 2. The lowest BCUT2D eigenvalue weighted by Gasteiger charge is -2.01. The molecular formula is C20H13NO3S2. The van der Waals surface area contributed by atoms with Crippen LogP contribution in [0, 0.1) is 0 Å². The number of carbonyl (C=O) groups excluding carboxylic acids is 2. The van der Waals surface area contributed by atoms with E-state index in [0.717, 1.165) is 11.3 Å². The van der Waals surface area contributed by atoms with Crippen molar-refractivity contribution in [2.75, 3.05) is 5.73 Å². The van der Waals surface area contributed by atoms with E-state index in [9.17, 15) is 14.7 Å². The Labute approximate surface area is 157 Å². The molecule has 2 aromatic heterocycles. The summed E-state index contributed by atoms with van der Waals surface area (Å²) in [6.07, 6.45) is 0. The van der Waals surface area contributed by atoms with E-state index in [1.54, 1.807) is 48.5 Å². The van der Waals surface area contributed by atoms with Crippen LogP contribution in [-0.2, 0) is 0 Å². The lowest BCUT2D eigenvalue weighted by Crippen LogP contribution is -2.02. The quantitative estimate of drug-likeness (QED) is 0.503. The molecule has 4 aromatic rings. The zero-order valence-corrected chi connectivity index (χ0v) is 15.1. The van der Waals surface area contributed by atoms with E-state index >= 15 is 0 Å². The van der Waals surface area contributed by atoms with E-state index in [0.29, 0.717) is 25.4 Å². The number of carbonyl (C=O) groups is 2. The van der Waals surface area contributed by atoms with Crippen molar-refractivity contribution in [2.45, 2.75) is 0 Å². The van der Waals surface area contributed by atoms with Gasteiger partial charge in [0.15, 0.2) is 0 Å². The van der Waals surface area contributed by atoms with Crippen molar-refractivity contribution in [3.8, 4) is 5.75 Å². The number of hydrogen-bond acceptors (Lipinski definition) is 6. The molecule has 0 aliphatic rings. The monoisotopic (exact) mass is 379 g/mol. The van der Waals surface area contributed by atoms with Crippen molar-refractivity contribution in [3.05, 3.63) is 81.5 Å². The normalized spacial score (nSPS) is 10.9. The fraction of sp³-hybridized carbons (Fsp3) is 0. The van der Waals surface area contributed by atoms with Crippen molar-refractivity contribution >= 4 is 49.3 Å². The van der Waals surface area contributed by atoms with E-state index in [-0.39, 0.29) is 27.9 Å². The van der Waals surface area contributed by atoms with Gasteiger partial charge in [-0.3, -0.25) is 9.59 Å². The number of fused-ring (bicyclic) bond motifs is 1. The van der Waals surface area contributed by atoms with Crippen molar-refractivity contribution < 1.29 is 14.7 Å². The molecule has 0 radical (unpaired) electrons. The van der Waals surface area contributed by atoms with Gasteiger partial charge in [0.2, 0.25) is 11.6 Å². The number of rotatable bonds is 4. The van der Waals surface area contributed by atoms with Crippen molar-refractivity contribution in [1.29, 1.82) is 0 Å². The number of aromatic hydroxyl groups is 1. The topological polar surface area (TPSA) is 80.4 Å². The molecule has 0 saturated heterocycles. The Bertz CT molecular complexity index is 1040. The van der Waals surface area contributed by atoms with Crippen LogP contribution in [-0.4, -0.2) is 16.7 Å². The van der Waals surface area contributed by atoms with Crippen LogP contribution in [0.3, 0.4) is 0 Å². The molecule has 2 aromatic carbocycles. The molecular weight excluding hydrogens is 366 g/mol. The predicted molar refractivity (Wildman–Crippen MR) is 106 cm³/mol. The molecule has 0 aliphatic carbocycles. The highest BCUT2D eigenvalue weighted by Crippen LogP contribution is 2.47. The van der Waals surface area contributed by atoms with Gasteiger partial charge in [-0.15, -0.1) is 22.7 Å². The minimum Gasteiger partial charge on any atom is -0.506 e. The van der Waals surface area contributed by atoms with Gasteiger partial charge in [0.1, 0.15) is 15.5 Å². The second kappa shape index (κ2) is 6.40. The highest BCUT2D eigenvalue weighted by Gasteiger charge is 2.26.